The van der Waals surface area contributed by atoms with Gasteiger partial charge in [-0.05, 0) is 31.4 Å². The van der Waals surface area contributed by atoms with Crippen molar-refractivity contribution < 1.29 is 9.59 Å². The number of aromatic nitrogens is 1. The maximum atomic E-state index is 12.4. The highest BCUT2D eigenvalue weighted by atomic mass is 32.1. The second-order valence-corrected chi connectivity index (χ2v) is 6.11. The molecule has 0 aromatic carbocycles. The van der Waals surface area contributed by atoms with E-state index in [1.165, 1.54) is 11.3 Å². The van der Waals surface area contributed by atoms with Crippen LogP contribution in [-0.4, -0.2) is 29.4 Å². The van der Waals surface area contributed by atoms with Crippen molar-refractivity contribution in [1.29, 1.82) is 0 Å². The highest BCUT2D eigenvalue weighted by Gasteiger charge is 2.26. The van der Waals surface area contributed by atoms with Gasteiger partial charge in [0.25, 0.3) is 5.91 Å². The number of thiophene rings is 1. The smallest absolute Gasteiger partial charge is 0.264 e. The van der Waals surface area contributed by atoms with Gasteiger partial charge in [0.15, 0.2) is 0 Å². The van der Waals surface area contributed by atoms with Crippen molar-refractivity contribution in [3.05, 3.63) is 22.7 Å². The molecule has 1 unspecified atom stereocenters. The number of nitrogens with one attached hydrogen (secondary N) is 2. The van der Waals surface area contributed by atoms with Crippen LogP contribution in [-0.2, 0) is 4.79 Å². The zero-order valence-corrected chi connectivity index (χ0v) is 12.4. The molecule has 3 rings (SSSR count). The van der Waals surface area contributed by atoms with E-state index in [1.807, 2.05) is 13.0 Å². The molecule has 0 saturated carbocycles. The van der Waals surface area contributed by atoms with Crippen molar-refractivity contribution >= 4 is 39.1 Å². The van der Waals surface area contributed by atoms with Crippen LogP contribution >= 0.6 is 11.3 Å². The summed E-state index contributed by atoms with van der Waals surface area (Å²) in [6.07, 6.45) is 3.21. The molecule has 1 atom stereocenters. The van der Waals surface area contributed by atoms with Gasteiger partial charge in [-0.25, -0.2) is 4.98 Å². The van der Waals surface area contributed by atoms with Gasteiger partial charge in [0.05, 0.1) is 5.69 Å². The maximum Gasteiger partial charge on any atom is 0.264 e. The Morgan fingerprint density at radius 3 is 3.10 bits per heavy atom. The third kappa shape index (κ3) is 2.44. The van der Waals surface area contributed by atoms with Crippen LogP contribution < -0.4 is 16.4 Å². The Morgan fingerprint density at radius 1 is 1.57 bits per heavy atom. The lowest BCUT2D eigenvalue weighted by atomic mass is 10.1. The zero-order valence-electron chi connectivity index (χ0n) is 11.6. The van der Waals surface area contributed by atoms with Crippen LogP contribution in [0.2, 0.25) is 0 Å². The van der Waals surface area contributed by atoms with Crippen LogP contribution in [0.1, 0.15) is 28.1 Å². The van der Waals surface area contributed by atoms with Gasteiger partial charge in [-0.15, -0.1) is 11.3 Å². The van der Waals surface area contributed by atoms with E-state index in [1.54, 1.807) is 6.20 Å². The molecular weight excluding hydrogens is 288 g/mol. The molecule has 4 N–H and O–H groups in total. The maximum absolute atomic E-state index is 12.4. The number of aryl methyl sites for hydroxylation is 1. The number of hydrogen-bond acceptors (Lipinski definition) is 5. The summed E-state index contributed by atoms with van der Waals surface area (Å²) in [5.74, 6) is -0.444. The first kappa shape index (κ1) is 13.8. The Balaban J connectivity index is 1.89. The molecule has 1 aliphatic rings. The predicted molar refractivity (Wildman–Crippen MR) is 82.3 cm³/mol. The van der Waals surface area contributed by atoms with E-state index in [4.69, 9.17) is 5.73 Å². The number of carbonyl (C=O) groups excluding carboxylic acids is 2. The standard InChI is InChI=1S/C14H16N4O2S/c1-7-4-6-17-14-9(7)10(15)11(21-14)13(20)18-8-3-2-5-16-12(8)19/h4,6,8H,2-3,5,15H2,1H3,(H,16,19)(H,18,20). The Bertz CT molecular complexity index is 725. The Morgan fingerprint density at radius 2 is 2.38 bits per heavy atom. The van der Waals surface area contributed by atoms with E-state index in [2.05, 4.69) is 15.6 Å². The van der Waals surface area contributed by atoms with Crippen LogP contribution in [0.5, 0.6) is 0 Å². The van der Waals surface area contributed by atoms with Gasteiger partial charge in [0.2, 0.25) is 5.91 Å². The van der Waals surface area contributed by atoms with Gasteiger partial charge < -0.3 is 16.4 Å². The molecule has 0 radical (unpaired) electrons. The largest absolute Gasteiger partial charge is 0.397 e. The SMILES string of the molecule is Cc1ccnc2sc(C(=O)NC3CCCNC3=O)c(N)c12. The summed E-state index contributed by atoms with van der Waals surface area (Å²) in [6, 6.07) is 1.38. The number of nitrogen functional groups attached to an aromatic ring is 1. The first-order valence-electron chi connectivity index (χ1n) is 6.80. The number of hydrogen-bond donors (Lipinski definition) is 3. The Kier molecular flexibility index (Phi) is 3.50. The molecule has 2 aromatic heterocycles. The van der Waals surface area contributed by atoms with Crippen molar-refractivity contribution in [3.8, 4) is 0 Å². The van der Waals surface area contributed by atoms with Crippen LogP contribution in [0.3, 0.4) is 0 Å². The molecule has 110 valence electrons. The predicted octanol–water partition coefficient (Wildman–Crippen LogP) is 1.20. The quantitative estimate of drug-likeness (QED) is 0.776. The average molecular weight is 304 g/mol. The summed E-state index contributed by atoms with van der Waals surface area (Å²) in [4.78, 5) is 29.5. The average Bonchev–Trinajstić information content (AvgIpc) is 2.80. The number of anilines is 1. The van der Waals surface area contributed by atoms with Crippen molar-refractivity contribution in [1.82, 2.24) is 15.6 Å². The highest BCUT2D eigenvalue weighted by molar-refractivity contribution is 7.21. The second kappa shape index (κ2) is 5.33. The Labute approximate surface area is 125 Å². The lowest BCUT2D eigenvalue weighted by molar-refractivity contribution is -0.124. The molecule has 0 spiro atoms. The second-order valence-electron chi connectivity index (χ2n) is 5.11. The first-order valence-corrected chi connectivity index (χ1v) is 7.61. The normalized spacial score (nSPS) is 18.5. The van der Waals surface area contributed by atoms with Crippen LogP contribution in [0.25, 0.3) is 10.2 Å². The summed E-state index contributed by atoms with van der Waals surface area (Å²) in [6.45, 7) is 2.60. The first-order chi connectivity index (χ1) is 10.1. The number of pyridine rings is 1. The Hall–Kier alpha value is -2.15. The fourth-order valence-electron chi connectivity index (χ4n) is 2.51. The molecule has 1 fully saturated rings. The van der Waals surface area contributed by atoms with E-state index >= 15 is 0 Å². The fourth-order valence-corrected chi connectivity index (χ4v) is 3.55. The van der Waals surface area contributed by atoms with E-state index in [0.717, 1.165) is 22.2 Å². The number of nitrogens with zero attached hydrogens (tertiary/aromatic N) is 1. The van der Waals surface area contributed by atoms with Crippen LogP contribution in [0.15, 0.2) is 12.3 Å². The third-order valence-electron chi connectivity index (χ3n) is 3.63. The summed E-state index contributed by atoms with van der Waals surface area (Å²) in [7, 11) is 0. The number of nitrogens with two attached hydrogens (primary N) is 1. The summed E-state index contributed by atoms with van der Waals surface area (Å²) in [5, 5.41) is 6.32. The van der Waals surface area contributed by atoms with Crippen LogP contribution in [0.4, 0.5) is 5.69 Å². The van der Waals surface area contributed by atoms with Gasteiger partial charge in [0, 0.05) is 18.1 Å². The van der Waals surface area contributed by atoms with Gasteiger partial charge in [-0.1, -0.05) is 0 Å². The summed E-state index contributed by atoms with van der Waals surface area (Å²) < 4.78 is 0. The fraction of sp³-hybridized carbons (Fsp3) is 0.357. The molecule has 21 heavy (non-hydrogen) atoms. The van der Waals surface area contributed by atoms with Gasteiger partial charge in [-0.3, -0.25) is 9.59 Å². The highest BCUT2D eigenvalue weighted by Crippen LogP contribution is 2.34. The minimum atomic E-state index is -0.482. The molecule has 0 bridgehead atoms. The monoisotopic (exact) mass is 304 g/mol. The molecule has 3 heterocycles. The number of carbonyl (C=O) groups is 2. The molecular formula is C14H16N4O2S. The molecule has 2 amide bonds. The number of rotatable bonds is 2. The van der Waals surface area contributed by atoms with Gasteiger partial charge >= 0.3 is 0 Å². The third-order valence-corrected chi connectivity index (χ3v) is 4.75. The lowest BCUT2D eigenvalue weighted by Crippen LogP contribution is -2.50. The van der Waals surface area contributed by atoms with Crippen molar-refractivity contribution in [2.45, 2.75) is 25.8 Å². The van der Waals surface area contributed by atoms with E-state index in [9.17, 15) is 9.59 Å². The minimum absolute atomic E-state index is 0.136. The molecule has 2 aromatic rings. The van der Waals surface area contributed by atoms with E-state index < -0.39 is 6.04 Å². The number of piperidine rings is 1. The number of amides is 2. The van der Waals surface area contributed by atoms with Crippen molar-refractivity contribution in [2.75, 3.05) is 12.3 Å². The number of fused-ring (bicyclic) bond motifs is 1. The van der Waals surface area contributed by atoms with Crippen molar-refractivity contribution in [3.63, 3.8) is 0 Å². The molecule has 0 aliphatic carbocycles. The molecule has 6 nitrogen and oxygen atoms in total. The van der Waals surface area contributed by atoms with Crippen molar-refractivity contribution in [2.24, 2.45) is 0 Å². The van der Waals surface area contributed by atoms with Gasteiger partial charge in [0.1, 0.15) is 15.7 Å². The van der Waals surface area contributed by atoms with Gasteiger partial charge in [-0.2, -0.15) is 0 Å². The zero-order chi connectivity index (χ0) is 15.0. The molecule has 1 aliphatic heterocycles. The lowest BCUT2D eigenvalue weighted by Gasteiger charge is -2.22. The summed E-state index contributed by atoms with van der Waals surface area (Å²) in [5.41, 5.74) is 7.52. The summed E-state index contributed by atoms with van der Waals surface area (Å²) >= 11 is 1.26. The van der Waals surface area contributed by atoms with Crippen LogP contribution in [0, 0.1) is 6.92 Å². The van der Waals surface area contributed by atoms with E-state index in [-0.39, 0.29) is 11.8 Å². The van der Waals surface area contributed by atoms with E-state index in [0.29, 0.717) is 23.5 Å². The minimum Gasteiger partial charge on any atom is -0.397 e. The molecule has 1 saturated heterocycles. The topological polar surface area (TPSA) is 97.1 Å². The molecule has 7 heteroatoms.